The van der Waals surface area contributed by atoms with E-state index in [9.17, 15) is 0 Å². The lowest BCUT2D eigenvalue weighted by molar-refractivity contribution is 0.0459. The summed E-state index contributed by atoms with van der Waals surface area (Å²) < 4.78 is 5.72. The summed E-state index contributed by atoms with van der Waals surface area (Å²) in [5, 5.41) is 3.39. The first-order valence-electron chi connectivity index (χ1n) is 7.91. The molecule has 0 amide bonds. The van der Waals surface area contributed by atoms with E-state index in [0.717, 1.165) is 45.6 Å². The Bertz CT molecular complexity index is 411. The van der Waals surface area contributed by atoms with E-state index in [4.69, 9.17) is 4.74 Å². The van der Waals surface area contributed by atoms with Crippen LogP contribution in [0.3, 0.4) is 0 Å². The number of anilines is 1. The van der Waals surface area contributed by atoms with Crippen LogP contribution < -0.4 is 10.2 Å². The molecule has 0 radical (unpaired) electrons. The van der Waals surface area contributed by atoms with Crippen LogP contribution in [0.2, 0.25) is 0 Å². The molecule has 0 aliphatic carbocycles. The summed E-state index contributed by atoms with van der Waals surface area (Å²) in [6.07, 6.45) is 2.75. The Morgan fingerprint density at radius 2 is 2.00 bits per heavy atom. The molecule has 0 unspecified atom stereocenters. The van der Waals surface area contributed by atoms with E-state index in [0.29, 0.717) is 6.10 Å². The van der Waals surface area contributed by atoms with Gasteiger partial charge in [-0.1, -0.05) is 13.0 Å². The van der Waals surface area contributed by atoms with Crippen LogP contribution in [0.1, 0.15) is 37.8 Å². The van der Waals surface area contributed by atoms with Crippen LogP contribution in [0.25, 0.3) is 0 Å². The number of ether oxygens (including phenoxy) is 1. The Kier molecular flexibility index (Phi) is 5.86. The van der Waals surface area contributed by atoms with Crippen molar-refractivity contribution < 1.29 is 4.74 Å². The van der Waals surface area contributed by atoms with E-state index in [1.54, 1.807) is 0 Å². The fourth-order valence-corrected chi connectivity index (χ4v) is 2.85. The maximum absolute atomic E-state index is 5.72. The van der Waals surface area contributed by atoms with Gasteiger partial charge in [-0.2, -0.15) is 0 Å². The first kappa shape index (κ1) is 15.3. The minimum absolute atomic E-state index is 0.463. The van der Waals surface area contributed by atoms with Crippen LogP contribution in [0.4, 0.5) is 5.69 Å². The van der Waals surface area contributed by atoms with Gasteiger partial charge in [0.05, 0.1) is 6.10 Å². The molecule has 1 N–H and O–H groups in total. The normalized spacial score (nSPS) is 16.6. The molecule has 1 saturated heterocycles. The average molecular weight is 276 g/mol. The molecule has 1 aromatic carbocycles. The predicted octanol–water partition coefficient (Wildman–Crippen LogP) is 3.11. The number of hydrogen-bond acceptors (Lipinski definition) is 3. The van der Waals surface area contributed by atoms with Gasteiger partial charge < -0.3 is 15.0 Å². The van der Waals surface area contributed by atoms with Crippen molar-refractivity contribution in [2.24, 2.45) is 0 Å². The molecule has 0 spiro atoms. The molecule has 112 valence electrons. The zero-order valence-corrected chi connectivity index (χ0v) is 13.1. The molecule has 3 heteroatoms. The second kappa shape index (κ2) is 7.65. The zero-order valence-electron chi connectivity index (χ0n) is 13.1. The first-order valence-corrected chi connectivity index (χ1v) is 7.91. The quantitative estimate of drug-likeness (QED) is 0.864. The third-order valence-electron chi connectivity index (χ3n) is 4.10. The molecule has 1 heterocycles. The van der Waals surface area contributed by atoms with Gasteiger partial charge in [-0.25, -0.2) is 0 Å². The standard InChI is InChI=1S/C17H28N2O/c1-4-18-13-15-6-7-16(12-14(15)3)19-10-8-17(9-11-19)20-5-2/h6-7,12,17-18H,4-5,8-11,13H2,1-3H3. The number of aryl methyl sites for hydroxylation is 1. The minimum atomic E-state index is 0.463. The van der Waals surface area contributed by atoms with Gasteiger partial charge in [-0.05, 0) is 56.5 Å². The highest BCUT2D eigenvalue weighted by atomic mass is 16.5. The molecule has 20 heavy (non-hydrogen) atoms. The van der Waals surface area contributed by atoms with Crippen LogP contribution in [-0.2, 0) is 11.3 Å². The topological polar surface area (TPSA) is 24.5 Å². The van der Waals surface area contributed by atoms with Crippen LogP contribution in [0, 0.1) is 6.92 Å². The second-order valence-corrected chi connectivity index (χ2v) is 5.53. The molecular formula is C17H28N2O. The lowest BCUT2D eigenvalue weighted by Gasteiger charge is -2.33. The molecule has 0 bridgehead atoms. The Morgan fingerprint density at radius 1 is 1.25 bits per heavy atom. The lowest BCUT2D eigenvalue weighted by Crippen LogP contribution is -2.37. The van der Waals surface area contributed by atoms with Gasteiger partial charge in [-0.3, -0.25) is 0 Å². The van der Waals surface area contributed by atoms with Crippen molar-refractivity contribution in [3.63, 3.8) is 0 Å². The van der Waals surface area contributed by atoms with Crippen molar-refractivity contribution in [3.05, 3.63) is 29.3 Å². The van der Waals surface area contributed by atoms with E-state index in [1.807, 2.05) is 0 Å². The predicted molar refractivity (Wildman–Crippen MR) is 85.4 cm³/mol. The highest BCUT2D eigenvalue weighted by Gasteiger charge is 2.19. The van der Waals surface area contributed by atoms with Crippen LogP contribution in [0.15, 0.2) is 18.2 Å². The largest absolute Gasteiger partial charge is 0.378 e. The Balaban J connectivity index is 1.95. The summed E-state index contributed by atoms with van der Waals surface area (Å²) >= 11 is 0. The van der Waals surface area contributed by atoms with E-state index in [2.05, 4.69) is 49.2 Å². The smallest absolute Gasteiger partial charge is 0.0608 e. The SMILES string of the molecule is CCNCc1ccc(N2CCC(OCC)CC2)cc1C. The summed E-state index contributed by atoms with van der Waals surface area (Å²) in [6, 6.07) is 6.86. The fourth-order valence-electron chi connectivity index (χ4n) is 2.85. The molecule has 0 atom stereocenters. The maximum Gasteiger partial charge on any atom is 0.0608 e. The molecule has 3 nitrogen and oxygen atoms in total. The van der Waals surface area contributed by atoms with E-state index < -0.39 is 0 Å². The van der Waals surface area contributed by atoms with Crippen molar-refractivity contribution in [3.8, 4) is 0 Å². The molecular weight excluding hydrogens is 248 g/mol. The summed E-state index contributed by atoms with van der Waals surface area (Å²) in [5.74, 6) is 0. The minimum Gasteiger partial charge on any atom is -0.378 e. The monoisotopic (exact) mass is 276 g/mol. The summed E-state index contributed by atoms with van der Waals surface area (Å²) in [5.41, 5.74) is 4.15. The van der Waals surface area contributed by atoms with E-state index >= 15 is 0 Å². The highest BCUT2D eigenvalue weighted by Crippen LogP contribution is 2.24. The van der Waals surface area contributed by atoms with Crippen molar-refractivity contribution in [2.45, 2.75) is 46.3 Å². The van der Waals surface area contributed by atoms with Gasteiger partial charge in [0, 0.05) is 31.9 Å². The number of nitrogens with zero attached hydrogens (tertiary/aromatic N) is 1. The van der Waals surface area contributed by atoms with E-state index in [-0.39, 0.29) is 0 Å². The molecule has 1 aliphatic rings. The number of nitrogens with one attached hydrogen (secondary N) is 1. The summed E-state index contributed by atoms with van der Waals surface area (Å²) in [7, 11) is 0. The third kappa shape index (κ3) is 3.97. The van der Waals surface area contributed by atoms with Gasteiger partial charge >= 0.3 is 0 Å². The first-order chi connectivity index (χ1) is 9.74. The lowest BCUT2D eigenvalue weighted by atomic mass is 10.0. The van der Waals surface area contributed by atoms with Crippen LogP contribution in [-0.4, -0.2) is 32.3 Å². The number of piperidine rings is 1. The van der Waals surface area contributed by atoms with Crippen molar-refractivity contribution in [1.29, 1.82) is 0 Å². The van der Waals surface area contributed by atoms with Crippen LogP contribution >= 0.6 is 0 Å². The van der Waals surface area contributed by atoms with Crippen molar-refractivity contribution >= 4 is 5.69 Å². The summed E-state index contributed by atoms with van der Waals surface area (Å²) in [4.78, 5) is 2.49. The number of hydrogen-bond donors (Lipinski definition) is 1. The van der Waals surface area contributed by atoms with Crippen molar-refractivity contribution in [2.75, 3.05) is 31.1 Å². The third-order valence-corrected chi connectivity index (χ3v) is 4.10. The molecule has 0 aromatic heterocycles. The van der Waals surface area contributed by atoms with Crippen molar-refractivity contribution in [1.82, 2.24) is 5.32 Å². The van der Waals surface area contributed by atoms with Gasteiger partial charge in [0.25, 0.3) is 0 Å². The zero-order chi connectivity index (χ0) is 14.4. The maximum atomic E-state index is 5.72. The Labute approximate surface area is 123 Å². The van der Waals surface area contributed by atoms with E-state index in [1.165, 1.54) is 16.8 Å². The van der Waals surface area contributed by atoms with Gasteiger partial charge in [-0.15, -0.1) is 0 Å². The van der Waals surface area contributed by atoms with Crippen LogP contribution in [0.5, 0.6) is 0 Å². The van der Waals surface area contributed by atoms with Gasteiger partial charge in [0.2, 0.25) is 0 Å². The number of rotatable bonds is 6. The Hall–Kier alpha value is -1.06. The second-order valence-electron chi connectivity index (χ2n) is 5.53. The molecule has 1 aromatic rings. The van der Waals surface area contributed by atoms with Gasteiger partial charge in [0.15, 0.2) is 0 Å². The molecule has 2 rings (SSSR count). The Morgan fingerprint density at radius 3 is 2.60 bits per heavy atom. The number of benzene rings is 1. The molecule has 1 aliphatic heterocycles. The van der Waals surface area contributed by atoms with Gasteiger partial charge in [0.1, 0.15) is 0 Å². The fraction of sp³-hybridized carbons (Fsp3) is 0.647. The molecule has 1 fully saturated rings. The average Bonchev–Trinajstić information content (AvgIpc) is 2.47. The highest BCUT2D eigenvalue weighted by molar-refractivity contribution is 5.51. The summed E-state index contributed by atoms with van der Waals surface area (Å²) in [6.45, 7) is 11.5. The molecule has 0 saturated carbocycles.